The van der Waals surface area contributed by atoms with E-state index in [1.807, 2.05) is 0 Å². The maximum atomic E-state index is 12.8. The van der Waals surface area contributed by atoms with Gasteiger partial charge in [0.05, 0.1) is 6.54 Å². The predicted octanol–water partition coefficient (Wildman–Crippen LogP) is 2.22. The van der Waals surface area contributed by atoms with Crippen LogP contribution in [0.1, 0.15) is 5.82 Å². The van der Waals surface area contributed by atoms with Crippen LogP contribution in [0.4, 0.5) is 13.2 Å². The molecule has 0 amide bonds. The van der Waals surface area contributed by atoms with Gasteiger partial charge >= 0.3 is 11.9 Å². The van der Waals surface area contributed by atoms with Crippen LogP contribution in [0.25, 0.3) is 11.4 Å². The van der Waals surface area contributed by atoms with E-state index in [-0.39, 0.29) is 22.9 Å². The van der Waals surface area contributed by atoms with Crippen LogP contribution >= 0.6 is 27.5 Å². The Labute approximate surface area is 162 Å². The summed E-state index contributed by atoms with van der Waals surface area (Å²) in [5, 5.41) is 20.2. The number of H-pyrrole nitrogens is 1. The van der Waals surface area contributed by atoms with Crippen LogP contribution in [0.5, 0.6) is 0 Å². The summed E-state index contributed by atoms with van der Waals surface area (Å²) >= 11 is 8.87. The smallest absolute Gasteiger partial charge is 0.382 e. The Morgan fingerprint density at radius 3 is 2.52 bits per heavy atom. The fraction of sp³-hybridized carbons (Fsp3) is 0.286. The molecule has 2 heterocycles. The normalized spacial score (nSPS) is 13.1. The summed E-state index contributed by atoms with van der Waals surface area (Å²) < 4.78 is 40.3. The van der Waals surface area contributed by atoms with Crippen LogP contribution in [0.15, 0.2) is 33.8 Å². The molecule has 0 aliphatic rings. The minimum atomic E-state index is -4.88. The summed E-state index contributed by atoms with van der Waals surface area (Å²) in [7, 11) is 0. The highest BCUT2D eigenvalue weighted by atomic mass is 79.9. The van der Waals surface area contributed by atoms with E-state index in [4.69, 9.17) is 11.6 Å². The minimum Gasteiger partial charge on any atom is -0.382 e. The lowest BCUT2D eigenvalue weighted by atomic mass is 10.2. The van der Waals surface area contributed by atoms with Gasteiger partial charge in [-0.3, -0.25) is 9.67 Å². The molecular weight excluding hydrogens is 457 g/mol. The Bertz CT molecular complexity index is 998. The monoisotopic (exact) mass is 466 g/mol. The first-order chi connectivity index (χ1) is 12.6. The topological polar surface area (TPSA) is 102 Å². The zero-order valence-electron chi connectivity index (χ0n) is 13.3. The van der Waals surface area contributed by atoms with Gasteiger partial charge in [-0.2, -0.15) is 13.2 Å². The second kappa shape index (κ2) is 7.44. The van der Waals surface area contributed by atoms with E-state index in [2.05, 4.69) is 36.2 Å². The van der Waals surface area contributed by atoms with Gasteiger partial charge < -0.3 is 5.11 Å². The molecule has 2 aromatic heterocycles. The summed E-state index contributed by atoms with van der Waals surface area (Å²) in [4.78, 5) is 16.6. The van der Waals surface area contributed by atoms with Gasteiger partial charge in [-0.05, 0) is 40.2 Å². The first kappa shape index (κ1) is 19.6. The molecule has 0 aliphatic heterocycles. The van der Waals surface area contributed by atoms with Gasteiger partial charge in [-0.15, -0.1) is 10.2 Å². The van der Waals surface area contributed by atoms with Crippen molar-refractivity contribution in [3.63, 3.8) is 0 Å². The molecule has 0 aliphatic carbocycles. The largest absolute Gasteiger partial charge is 0.416 e. The van der Waals surface area contributed by atoms with Gasteiger partial charge in [-0.25, -0.2) is 14.5 Å². The molecular formula is C14H11BrClF3N6O2. The molecule has 0 spiro atoms. The van der Waals surface area contributed by atoms with Crippen molar-refractivity contribution in [3.8, 4) is 11.4 Å². The van der Waals surface area contributed by atoms with E-state index >= 15 is 0 Å². The highest BCUT2D eigenvalue weighted by molar-refractivity contribution is 9.10. The molecule has 8 nitrogen and oxygen atoms in total. The van der Waals surface area contributed by atoms with Gasteiger partial charge in [0, 0.05) is 10.6 Å². The molecule has 27 heavy (non-hydrogen) atoms. The molecule has 1 atom stereocenters. The first-order valence-corrected chi connectivity index (χ1v) is 8.57. The summed E-state index contributed by atoms with van der Waals surface area (Å²) in [6, 6.07) is 6.04. The first-order valence-electron chi connectivity index (χ1n) is 7.40. The van der Waals surface area contributed by atoms with Crippen molar-refractivity contribution in [3.05, 3.63) is 50.3 Å². The Hall–Kier alpha value is -2.18. The summed E-state index contributed by atoms with van der Waals surface area (Å²) in [6.45, 7) is -1.15. The number of aliphatic hydroxyl groups is 1. The van der Waals surface area contributed by atoms with E-state index in [0.717, 1.165) is 9.25 Å². The number of aliphatic hydroxyl groups excluding tert-OH is 1. The third kappa shape index (κ3) is 4.39. The van der Waals surface area contributed by atoms with Crippen molar-refractivity contribution in [2.24, 2.45) is 0 Å². The molecule has 144 valence electrons. The van der Waals surface area contributed by atoms with Crippen LogP contribution in [-0.2, 0) is 13.1 Å². The third-order valence-electron chi connectivity index (χ3n) is 3.56. The van der Waals surface area contributed by atoms with E-state index < -0.39 is 24.5 Å². The number of hydrogen-bond donors (Lipinski definition) is 2. The number of nitrogens with one attached hydrogen (secondary N) is 1. The SMILES string of the molecule is O=c1n(Cc2nc(Br)n[nH]2)nc(-c2ccc(Cl)cc2)n1C[C@H](O)C(F)(F)F. The van der Waals surface area contributed by atoms with E-state index in [1.165, 1.54) is 24.3 Å². The van der Waals surface area contributed by atoms with Gasteiger partial charge in [-0.1, -0.05) is 11.6 Å². The van der Waals surface area contributed by atoms with Crippen LogP contribution in [-0.4, -0.2) is 46.9 Å². The highest BCUT2D eigenvalue weighted by Gasteiger charge is 2.39. The zero-order valence-corrected chi connectivity index (χ0v) is 15.6. The van der Waals surface area contributed by atoms with Gasteiger partial charge in [0.15, 0.2) is 11.9 Å². The zero-order chi connectivity index (χ0) is 19.8. The van der Waals surface area contributed by atoms with E-state index in [1.54, 1.807) is 0 Å². The highest BCUT2D eigenvalue weighted by Crippen LogP contribution is 2.24. The fourth-order valence-electron chi connectivity index (χ4n) is 2.28. The number of alkyl halides is 3. The third-order valence-corrected chi connectivity index (χ3v) is 4.17. The van der Waals surface area contributed by atoms with Crippen molar-refractivity contribution >= 4 is 27.5 Å². The molecule has 3 aromatic rings. The molecule has 0 bridgehead atoms. The number of benzene rings is 1. The fourth-order valence-corrected chi connectivity index (χ4v) is 2.71. The Kier molecular flexibility index (Phi) is 5.40. The summed E-state index contributed by atoms with van der Waals surface area (Å²) in [5.41, 5.74) is -0.473. The average Bonchev–Trinajstić information content (AvgIpc) is 3.13. The number of aromatic amines is 1. The maximum absolute atomic E-state index is 12.8. The van der Waals surface area contributed by atoms with Crippen LogP contribution in [0, 0.1) is 0 Å². The van der Waals surface area contributed by atoms with Crippen LogP contribution < -0.4 is 5.69 Å². The lowest BCUT2D eigenvalue weighted by Crippen LogP contribution is -2.37. The summed E-state index contributed by atoms with van der Waals surface area (Å²) in [5.74, 6) is 0.228. The van der Waals surface area contributed by atoms with E-state index in [0.29, 0.717) is 10.6 Å². The van der Waals surface area contributed by atoms with Crippen molar-refractivity contribution in [2.45, 2.75) is 25.4 Å². The molecule has 2 N–H and O–H groups in total. The van der Waals surface area contributed by atoms with Crippen molar-refractivity contribution in [1.82, 2.24) is 29.5 Å². The Balaban J connectivity index is 2.05. The Morgan fingerprint density at radius 2 is 1.96 bits per heavy atom. The molecule has 0 saturated heterocycles. The molecule has 1 aromatic carbocycles. The standard InChI is InChI=1S/C14H11BrClF3N6O2/c15-12-20-10(21-22-12)6-25-13(27)24(5-9(26)14(17,18)19)11(23-25)7-1-3-8(16)4-2-7/h1-4,9,26H,5-6H2,(H,20,21,22)/t9-/m0/s1. The number of rotatable bonds is 5. The van der Waals surface area contributed by atoms with Gasteiger partial charge in [0.25, 0.3) is 0 Å². The average molecular weight is 468 g/mol. The lowest BCUT2D eigenvalue weighted by molar-refractivity contribution is -0.207. The second-order valence-corrected chi connectivity index (χ2v) is 6.64. The van der Waals surface area contributed by atoms with Crippen LogP contribution in [0.2, 0.25) is 5.02 Å². The number of hydrogen-bond acceptors (Lipinski definition) is 5. The van der Waals surface area contributed by atoms with Crippen molar-refractivity contribution < 1.29 is 18.3 Å². The molecule has 3 rings (SSSR count). The lowest BCUT2D eigenvalue weighted by Gasteiger charge is -2.15. The van der Waals surface area contributed by atoms with Crippen LogP contribution in [0.3, 0.4) is 0 Å². The quantitative estimate of drug-likeness (QED) is 0.599. The Morgan fingerprint density at radius 1 is 1.30 bits per heavy atom. The molecule has 0 radical (unpaired) electrons. The predicted molar refractivity (Wildman–Crippen MR) is 92.2 cm³/mol. The van der Waals surface area contributed by atoms with Gasteiger partial charge in [0.2, 0.25) is 4.73 Å². The van der Waals surface area contributed by atoms with Gasteiger partial charge in [0.1, 0.15) is 12.4 Å². The number of nitrogens with zero attached hydrogens (tertiary/aromatic N) is 5. The molecule has 0 saturated carbocycles. The second-order valence-electron chi connectivity index (χ2n) is 5.49. The minimum absolute atomic E-state index is 0.0430. The van der Waals surface area contributed by atoms with Crippen molar-refractivity contribution in [1.29, 1.82) is 0 Å². The molecule has 13 heteroatoms. The summed E-state index contributed by atoms with van der Waals surface area (Å²) in [6.07, 6.45) is -7.60. The number of aromatic nitrogens is 6. The maximum Gasteiger partial charge on any atom is 0.416 e. The number of halogens is 5. The molecule has 0 unspecified atom stereocenters. The molecule has 0 fully saturated rings. The van der Waals surface area contributed by atoms with Crippen molar-refractivity contribution in [2.75, 3.05) is 0 Å². The van der Waals surface area contributed by atoms with E-state index in [9.17, 15) is 23.1 Å².